The third-order valence-corrected chi connectivity index (χ3v) is 5.08. The Labute approximate surface area is 172 Å². The molecule has 30 heavy (non-hydrogen) atoms. The highest BCUT2D eigenvalue weighted by molar-refractivity contribution is 5.72. The summed E-state index contributed by atoms with van der Waals surface area (Å²) < 4.78 is 80.9. The third kappa shape index (κ3) is 7.50. The van der Waals surface area contributed by atoms with E-state index in [1.54, 1.807) is 0 Å². The summed E-state index contributed by atoms with van der Waals surface area (Å²) in [4.78, 5) is 11.6. The van der Waals surface area contributed by atoms with E-state index in [2.05, 4.69) is 4.74 Å². The summed E-state index contributed by atoms with van der Waals surface area (Å²) in [6, 6.07) is 0. The molecule has 0 saturated heterocycles. The van der Waals surface area contributed by atoms with Crippen molar-refractivity contribution in [1.82, 2.24) is 0 Å². The standard InChI is InChI=1S/C21H27F5O4/c22-16-17(23)19(25)21(20(26)18(16)24)30-15(27)9-11-29-13-12-28-10-5-8-14-6-3-1-2-4-7-14/h14H,1-13H2. The molecule has 1 aliphatic rings. The van der Waals surface area contributed by atoms with Crippen LogP contribution in [0.1, 0.15) is 57.8 Å². The Morgan fingerprint density at radius 1 is 0.733 bits per heavy atom. The maximum atomic E-state index is 13.4. The maximum Gasteiger partial charge on any atom is 0.313 e. The summed E-state index contributed by atoms with van der Waals surface area (Å²) in [5, 5.41) is 0. The van der Waals surface area contributed by atoms with Crippen LogP contribution in [0.15, 0.2) is 0 Å². The van der Waals surface area contributed by atoms with Gasteiger partial charge < -0.3 is 14.2 Å². The van der Waals surface area contributed by atoms with Crippen molar-refractivity contribution in [1.29, 1.82) is 0 Å². The summed E-state index contributed by atoms with van der Waals surface area (Å²) in [6.07, 6.45) is 9.61. The van der Waals surface area contributed by atoms with Gasteiger partial charge >= 0.3 is 5.97 Å². The second-order valence-electron chi connectivity index (χ2n) is 7.35. The summed E-state index contributed by atoms with van der Waals surface area (Å²) in [5.41, 5.74) is 0. The number of hydrogen-bond acceptors (Lipinski definition) is 4. The molecule has 1 aromatic rings. The number of hydrogen-bond donors (Lipinski definition) is 0. The molecule has 1 aliphatic carbocycles. The zero-order valence-electron chi connectivity index (χ0n) is 16.8. The first-order chi connectivity index (χ1) is 14.4. The molecule has 0 radical (unpaired) electrons. The summed E-state index contributed by atoms with van der Waals surface area (Å²) in [6.45, 7) is 1.03. The Morgan fingerprint density at radius 3 is 1.87 bits per heavy atom. The van der Waals surface area contributed by atoms with Crippen molar-refractivity contribution in [3.8, 4) is 5.75 Å². The van der Waals surface area contributed by atoms with Gasteiger partial charge in [0.05, 0.1) is 26.2 Å². The summed E-state index contributed by atoms with van der Waals surface area (Å²) in [5.74, 6) is -13.1. The van der Waals surface area contributed by atoms with Crippen LogP contribution < -0.4 is 4.74 Å². The highest BCUT2D eigenvalue weighted by Crippen LogP contribution is 2.29. The van der Waals surface area contributed by atoms with E-state index in [1.807, 2.05) is 0 Å². The molecule has 0 amide bonds. The van der Waals surface area contributed by atoms with Gasteiger partial charge in [0.25, 0.3) is 0 Å². The largest absolute Gasteiger partial charge is 0.420 e. The zero-order valence-corrected chi connectivity index (χ0v) is 16.8. The molecule has 1 aromatic carbocycles. The lowest BCUT2D eigenvalue weighted by Gasteiger charge is -2.13. The molecule has 0 aromatic heterocycles. The molecule has 0 aliphatic heterocycles. The van der Waals surface area contributed by atoms with Crippen LogP contribution in [0.2, 0.25) is 0 Å². The predicted molar refractivity (Wildman–Crippen MR) is 98.5 cm³/mol. The SMILES string of the molecule is O=C(CCOCCOCCCC1CCCCCC1)Oc1c(F)c(F)c(F)c(F)c1F. The molecule has 4 nitrogen and oxygen atoms in total. The zero-order chi connectivity index (χ0) is 21.9. The highest BCUT2D eigenvalue weighted by Gasteiger charge is 2.28. The first-order valence-electron chi connectivity index (χ1n) is 10.3. The van der Waals surface area contributed by atoms with Gasteiger partial charge in [-0.05, 0) is 18.8 Å². The Balaban J connectivity index is 1.55. The average molecular weight is 438 g/mol. The van der Waals surface area contributed by atoms with Crippen molar-refractivity contribution in [3.63, 3.8) is 0 Å². The van der Waals surface area contributed by atoms with Gasteiger partial charge in [0.2, 0.25) is 34.8 Å². The second-order valence-corrected chi connectivity index (χ2v) is 7.35. The number of carbonyl (C=O) groups is 1. The van der Waals surface area contributed by atoms with Gasteiger partial charge in [-0.25, -0.2) is 13.2 Å². The molecule has 1 fully saturated rings. The van der Waals surface area contributed by atoms with Crippen molar-refractivity contribution in [2.75, 3.05) is 26.4 Å². The number of carbonyl (C=O) groups excluding carboxylic acids is 1. The molecule has 1 saturated carbocycles. The van der Waals surface area contributed by atoms with E-state index >= 15 is 0 Å². The van der Waals surface area contributed by atoms with E-state index in [4.69, 9.17) is 9.47 Å². The third-order valence-electron chi connectivity index (χ3n) is 5.08. The van der Waals surface area contributed by atoms with Gasteiger partial charge in [-0.15, -0.1) is 0 Å². The summed E-state index contributed by atoms with van der Waals surface area (Å²) >= 11 is 0. The molecule has 0 bridgehead atoms. The van der Waals surface area contributed by atoms with Crippen molar-refractivity contribution < 1.29 is 41.0 Å². The second kappa shape index (κ2) is 12.8. The van der Waals surface area contributed by atoms with Gasteiger partial charge in [-0.1, -0.05) is 38.5 Å². The lowest BCUT2D eigenvalue weighted by molar-refractivity contribution is -0.136. The highest BCUT2D eigenvalue weighted by atomic mass is 19.2. The Bertz CT molecular complexity index is 661. The fraction of sp³-hybridized carbons (Fsp3) is 0.667. The first-order valence-corrected chi connectivity index (χ1v) is 10.3. The molecule has 2 rings (SSSR count). The number of halogens is 5. The van der Waals surface area contributed by atoms with Crippen LogP contribution in [0.4, 0.5) is 22.0 Å². The lowest BCUT2D eigenvalue weighted by atomic mass is 9.95. The topological polar surface area (TPSA) is 44.8 Å². The fourth-order valence-electron chi connectivity index (χ4n) is 3.44. The van der Waals surface area contributed by atoms with Gasteiger partial charge in [-0.3, -0.25) is 4.79 Å². The molecule has 170 valence electrons. The van der Waals surface area contributed by atoms with Gasteiger partial charge in [0.1, 0.15) is 0 Å². The van der Waals surface area contributed by atoms with Crippen LogP contribution in [-0.2, 0) is 14.3 Å². The number of rotatable bonds is 11. The summed E-state index contributed by atoms with van der Waals surface area (Å²) in [7, 11) is 0. The minimum atomic E-state index is -2.32. The van der Waals surface area contributed by atoms with E-state index in [0.717, 1.165) is 18.8 Å². The average Bonchev–Trinajstić information content (AvgIpc) is 3.01. The van der Waals surface area contributed by atoms with Crippen molar-refractivity contribution in [3.05, 3.63) is 29.1 Å². The van der Waals surface area contributed by atoms with Crippen LogP contribution in [0.25, 0.3) is 0 Å². The Morgan fingerprint density at radius 2 is 1.27 bits per heavy atom. The number of benzene rings is 1. The van der Waals surface area contributed by atoms with Crippen LogP contribution in [0, 0.1) is 35.0 Å². The Hall–Kier alpha value is -1.74. The van der Waals surface area contributed by atoms with E-state index in [0.29, 0.717) is 13.2 Å². The minimum Gasteiger partial charge on any atom is -0.420 e. The normalized spacial score (nSPS) is 15.2. The van der Waals surface area contributed by atoms with Crippen LogP contribution >= 0.6 is 0 Å². The quantitative estimate of drug-likeness (QED) is 0.0875. The molecular formula is C21H27F5O4. The first kappa shape index (κ1) is 24.5. The van der Waals surface area contributed by atoms with E-state index < -0.39 is 47.2 Å². The molecule has 0 spiro atoms. The Kier molecular flexibility index (Phi) is 10.5. The molecular weight excluding hydrogens is 411 g/mol. The van der Waals surface area contributed by atoms with Crippen molar-refractivity contribution >= 4 is 5.97 Å². The molecule has 0 atom stereocenters. The van der Waals surface area contributed by atoms with Crippen molar-refractivity contribution in [2.45, 2.75) is 57.8 Å². The van der Waals surface area contributed by atoms with Gasteiger partial charge in [0.15, 0.2) is 0 Å². The molecule has 0 N–H and O–H groups in total. The lowest BCUT2D eigenvalue weighted by Crippen LogP contribution is -2.16. The van der Waals surface area contributed by atoms with Crippen LogP contribution in [0.5, 0.6) is 5.75 Å². The van der Waals surface area contributed by atoms with Crippen molar-refractivity contribution in [2.24, 2.45) is 5.92 Å². The maximum absolute atomic E-state index is 13.4. The van der Waals surface area contributed by atoms with Crippen LogP contribution in [0.3, 0.4) is 0 Å². The van der Waals surface area contributed by atoms with E-state index in [-0.39, 0.29) is 13.2 Å². The molecule has 0 unspecified atom stereocenters. The van der Waals surface area contributed by atoms with E-state index in [1.165, 1.54) is 38.5 Å². The molecule has 9 heteroatoms. The monoisotopic (exact) mass is 438 g/mol. The van der Waals surface area contributed by atoms with Crippen LogP contribution in [-0.4, -0.2) is 32.4 Å². The van der Waals surface area contributed by atoms with Gasteiger partial charge in [0, 0.05) is 6.61 Å². The smallest absolute Gasteiger partial charge is 0.313 e. The molecule has 0 heterocycles. The van der Waals surface area contributed by atoms with E-state index in [9.17, 15) is 26.7 Å². The number of esters is 1. The number of ether oxygens (including phenoxy) is 3. The minimum absolute atomic E-state index is 0.139. The fourth-order valence-corrected chi connectivity index (χ4v) is 3.44. The van der Waals surface area contributed by atoms with Gasteiger partial charge in [-0.2, -0.15) is 8.78 Å². The predicted octanol–water partition coefficient (Wildman–Crippen LogP) is 5.46.